The molecule has 32 heavy (non-hydrogen) atoms. The Morgan fingerprint density at radius 2 is 1.78 bits per heavy atom. The SMILES string of the molecule is COc1ccc(C(O)=C2C(=O)C(=O)N(CCCN(C)C)[C@H]2c2cccc(O)c2)cc1OC. The predicted octanol–water partition coefficient (Wildman–Crippen LogP) is 2.78. The summed E-state index contributed by atoms with van der Waals surface area (Å²) < 4.78 is 10.5. The third kappa shape index (κ3) is 4.55. The fraction of sp³-hybridized carbons (Fsp3) is 0.333. The Hall–Kier alpha value is -3.52. The molecule has 0 aliphatic carbocycles. The second-order valence-electron chi connectivity index (χ2n) is 7.81. The molecule has 1 aliphatic rings. The van der Waals surface area contributed by atoms with E-state index in [1.807, 2.05) is 19.0 Å². The minimum atomic E-state index is -0.822. The number of rotatable bonds is 8. The number of amides is 1. The van der Waals surface area contributed by atoms with E-state index in [1.54, 1.807) is 30.3 Å². The minimum Gasteiger partial charge on any atom is -0.508 e. The lowest BCUT2D eigenvalue weighted by Gasteiger charge is -2.26. The van der Waals surface area contributed by atoms with Crippen LogP contribution >= 0.6 is 0 Å². The third-order valence-corrected chi connectivity index (χ3v) is 5.39. The smallest absolute Gasteiger partial charge is 0.295 e. The van der Waals surface area contributed by atoms with Crippen LogP contribution in [0.25, 0.3) is 5.76 Å². The van der Waals surface area contributed by atoms with E-state index < -0.39 is 17.7 Å². The van der Waals surface area contributed by atoms with Gasteiger partial charge in [0.25, 0.3) is 11.7 Å². The van der Waals surface area contributed by atoms with Crippen molar-refractivity contribution in [1.82, 2.24) is 9.80 Å². The van der Waals surface area contributed by atoms with Crippen LogP contribution in [0.3, 0.4) is 0 Å². The zero-order valence-corrected chi connectivity index (χ0v) is 18.7. The van der Waals surface area contributed by atoms with Crippen molar-refractivity contribution in [1.29, 1.82) is 0 Å². The first kappa shape index (κ1) is 23.1. The first-order chi connectivity index (χ1) is 15.3. The molecule has 8 heteroatoms. The van der Waals surface area contributed by atoms with Crippen molar-refractivity contribution < 1.29 is 29.3 Å². The first-order valence-electron chi connectivity index (χ1n) is 10.2. The number of Topliss-reactive ketones (excluding diaryl/α,β-unsaturated/α-hetero) is 1. The maximum absolute atomic E-state index is 13.0. The molecule has 0 bridgehead atoms. The molecule has 1 aliphatic heterocycles. The Morgan fingerprint density at radius 3 is 2.41 bits per heavy atom. The van der Waals surface area contributed by atoms with Crippen molar-refractivity contribution in [2.24, 2.45) is 0 Å². The number of hydrogen-bond donors (Lipinski definition) is 2. The molecule has 2 N–H and O–H groups in total. The molecular weight excluding hydrogens is 412 g/mol. The van der Waals surface area contributed by atoms with Crippen molar-refractivity contribution in [2.45, 2.75) is 12.5 Å². The molecule has 1 saturated heterocycles. The summed E-state index contributed by atoms with van der Waals surface area (Å²) in [6.07, 6.45) is 0.645. The average Bonchev–Trinajstić information content (AvgIpc) is 3.02. The number of ether oxygens (including phenoxy) is 2. The van der Waals surface area contributed by atoms with E-state index in [2.05, 4.69) is 0 Å². The Kier molecular flexibility index (Phi) is 7.05. The summed E-state index contributed by atoms with van der Waals surface area (Å²) in [4.78, 5) is 29.4. The zero-order chi connectivity index (χ0) is 23.4. The summed E-state index contributed by atoms with van der Waals surface area (Å²) in [5, 5.41) is 21.1. The van der Waals surface area contributed by atoms with Crippen molar-refractivity contribution >= 4 is 17.4 Å². The number of carbonyl (C=O) groups is 2. The van der Waals surface area contributed by atoms with Gasteiger partial charge in [0.15, 0.2) is 11.5 Å². The van der Waals surface area contributed by atoms with Gasteiger partial charge in [0.1, 0.15) is 11.5 Å². The summed E-state index contributed by atoms with van der Waals surface area (Å²) in [5.41, 5.74) is 0.827. The predicted molar refractivity (Wildman–Crippen MR) is 120 cm³/mol. The molecule has 0 unspecified atom stereocenters. The van der Waals surface area contributed by atoms with Gasteiger partial charge in [-0.2, -0.15) is 0 Å². The number of ketones is 1. The zero-order valence-electron chi connectivity index (χ0n) is 18.7. The van der Waals surface area contributed by atoms with Crippen LogP contribution in [0.4, 0.5) is 0 Å². The number of nitrogens with zero attached hydrogens (tertiary/aromatic N) is 2. The second-order valence-corrected chi connectivity index (χ2v) is 7.81. The summed E-state index contributed by atoms with van der Waals surface area (Å²) >= 11 is 0. The molecule has 1 fully saturated rings. The van der Waals surface area contributed by atoms with Gasteiger partial charge in [0.2, 0.25) is 0 Å². The number of carbonyl (C=O) groups excluding carboxylic acids is 2. The molecule has 2 aromatic rings. The van der Waals surface area contributed by atoms with Gasteiger partial charge in [-0.05, 0) is 63.0 Å². The minimum absolute atomic E-state index is 0.00694. The van der Waals surface area contributed by atoms with E-state index in [0.29, 0.717) is 35.6 Å². The van der Waals surface area contributed by atoms with Crippen LogP contribution in [0.2, 0.25) is 0 Å². The number of likely N-dealkylation sites (tertiary alicyclic amines) is 1. The Labute approximate surface area is 187 Å². The summed E-state index contributed by atoms with van der Waals surface area (Å²) in [6.45, 7) is 1.05. The van der Waals surface area contributed by atoms with Gasteiger partial charge in [-0.25, -0.2) is 0 Å². The molecule has 0 aromatic heterocycles. The lowest BCUT2D eigenvalue weighted by molar-refractivity contribution is -0.139. The van der Waals surface area contributed by atoms with E-state index in [4.69, 9.17) is 9.47 Å². The molecule has 0 saturated carbocycles. The Morgan fingerprint density at radius 1 is 1.06 bits per heavy atom. The topological polar surface area (TPSA) is 99.5 Å². The van der Waals surface area contributed by atoms with Gasteiger partial charge in [0, 0.05) is 12.1 Å². The fourth-order valence-corrected chi connectivity index (χ4v) is 3.85. The summed E-state index contributed by atoms with van der Waals surface area (Å²) in [5.74, 6) is -0.904. The lowest BCUT2D eigenvalue weighted by Crippen LogP contribution is -2.32. The van der Waals surface area contributed by atoms with Gasteiger partial charge in [0.05, 0.1) is 25.8 Å². The number of aliphatic hydroxyl groups excluding tert-OH is 1. The molecule has 0 spiro atoms. The van der Waals surface area contributed by atoms with Crippen LogP contribution < -0.4 is 9.47 Å². The Bertz CT molecular complexity index is 1050. The van der Waals surface area contributed by atoms with E-state index in [9.17, 15) is 19.8 Å². The highest BCUT2D eigenvalue weighted by molar-refractivity contribution is 6.46. The largest absolute Gasteiger partial charge is 0.508 e. The number of hydrogen-bond acceptors (Lipinski definition) is 7. The first-order valence-corrected chi connectivity index (χ1v) is 10.2. The van der Waals surface area contributed by atoms with Crippen molar-refractivity contribution in [3.8, 4) is 17.2 Å². The van der Waals surface area contributed by atoms with Crippen LogP contribution in [0, 0.1) is 0 Å². The number of phenolic OH excluding ortho intramolecular Hbond substituents is 1. The number of benzene rings is 2. The molecule has 1 atom stereocenters. The highest BCUT2D eigenvalue weighted by Crippen LogP contribution is 2.41. The van der Waals surface area contributed by atoms with Gasteiger partial charge < -0.3 is 29.5 Å². The van der Waals surface area contributed by atoms with Gasteiger partial charge in [-0.15, -0.1) is 0 Å². The van der Waals surface area contributed by atoms with Crippen LogP contribution in [0.15, 0.2) is 48.0 Å². The molecule has 170 valence electrons. The molecule has 1 amide bonds. The fourth-order valence-electron chi connectivity index (χ4n) is 3.85. The summed E-state index contributed by atoms with van der Waals surface area (Å²) in [6, 6.07) is 10.3. The van der Waals surface area contributed by atoms with Gasteiger partial charge in [-0.3, -0.25) is 9.59 Å². The molecule has 3 rings (SSSR count). The summed E-state index contributed by atoms with van der Waals surface area (Å²) in [7, 11) is 6.83. The molecule has 1 heterocycles. The van der Waals surface area contributed by atoms with E-state index in [-0.39, 0.29) is 17.1 Å². The Balaban J connectivity index is 2.12. The second kappa shape index (κ2) is 9.74. The normalized spacial score (nSPS) is 17.8. The quantitative estimate of drug-likeness (QED) is 0.370. The van der Waals surface area contributed by atoms with Gasteiger partial charge in [-0.1, -0.05) is 12.1 Å². The standard InChI is InChI=1S/C24H28N2O6/c1-25(2)11-6-12-26-21(15-7-5-8-17(27)13-15)20(23(29)24(26)30)22(28)16-9-10-18(31-3)19(14-16)32-4/h5,7-10,13-14,21,27-28H,6,11-12H2,1-4H3/t21-/m0/s1. The lowest BCUT2D eigenvalue weighted by atomic mass is 9.95. The highest BCUT2D eigenvalue weighted by Gasteiger charge is 2.45. The van der Waals surface area contributed by atoms with Crippen LogP contribution in [0.5, 0.6) is 17.2 Å². The van der Waals surface area contributed by atoms with E-state index in [1.165, 1.54) is 31.3 Å². The highest BCUT2D eigenvalue weighted by atomic mass is 16.5. The van der Waals surface area contributed by atoms with Crippen molar-refractivity contribution in [2.75, 3.05) is 41.4 Å². The van der Waals surface area contributed by atoms with Crippen LogP contribution in [-0.4, -0.2) is 73.1 Å². The monoisotopic (exact) mass is 440 g/mol. The number of aliphatic hydroxyl groups is 1. The molecular formula is C24H28N2O6. The van der Waals surface area contributed by atoms with E-state index in [0.717, 1.165) is 6.54 Å². The number of methoxy groups -OCH3 is 2. The van der Waals surface area contributed by atoms with Crippen LogP contribution in [0.1, 0.15) is 23.6 Å². The molecule has 8 nitrogen and oxygen atoms in total. The maximum Gasteiger partial charge on any atom is 0.295 e. The maximum atomic E-state index is 13.0. The third-order valence-electron chi connectivity index (χ3n) is 5.39. The average molecular weight is 440 g/mol. The number of aromatic hydroxyl groups is 1. The van der Waals surface area contributed by atoms with E-state index >= 15 is 0 Å². The van der Waals surface area contributed by atoms with Crippen molar-refractivity contribution in [3.63, 3.8) is 0 Å². The number of phenols is 1. The van der Waals surface area contributed by atoms with Crippen LogP contribution in [-0.2, 0) is 9.59 Å². The molecule has 2 aromatic carbocycles. The van der Waals surface area contributed by atoms with Gasteiger partial charge >= 0.3 is 0 Å². The molecule has 0 radical (unpaired) electrons. The van der Waals surface area contributed by atoms with Crippen molar-refractivity contribution in [3.05, 3.63) is 59.2 Å².